The average Bonchev–Trinajstić information content (AvgIpc) is 2.83. The highest BCUT2D eigenvalue weighted by Crippen LogP contribution is 2.24. The normalized spacial score (nSPS) is 10.7. The Morgan fingerprint density at radius 3 is 2.76 bits per heavy atom. The molecule has 7 heteroatoms. The molecule has 1 amide bonds. The topological polar surface area (TPSA) is 29.5 Å². The van der Waals surface area contributed by atoms with E-state index in [9.17, 15) is 13.6 Å². The quantitative estimate of drug-likeness (QED) is 0.775. The Labute approximate surface area is 133 Å². The number of amides is 1. The molecule has 0 saturated carbocycles. The lowest BCUT2D eigenvalue weighted by atomic mass is 10.1. The van der Waals surface area contributed by atoms with E-state index in [4.69, 9.17) is 0 Å². The first-order valence-corrected chi connectivity index (χ1v) is 7.67. The van der Waals surface area contributed by atoms with E-state index in [0.717, 1.165) is 9.35 Å². The molecule has 112 valence electrons. The van der Waals surface area contributed by atoms with Crippen LogP contribution in [0.25, 0.3) is 0 Å². The van der Waals surface area contributed by atoms with Gasteiger partial charge in [-0.2, -0.15) is 8.78 Å². The second kappa shape index (κ2) is 7.00. The lowest BCUT2D eigenvalue weighted by Crippen LogP contribution is -2.26. The van der Waals surface area contributed by atoms with Crippen LogP contribution in [0.4, 0.5) is 8.78 Å². The van der Waals surface area contributed by atoms with Crippen molar-refractivity contribution in [2.45, 2.75) is 13.2 Å². The molecule has 0 bridgehead atoms. The van der Waals surface area contributed by atoms with Crippen LogP contribution >= 0.6 is 27.3 Å². The summed E-state index contributed by atoms with van der Waals surface area (Å²) in [5, 5.41) is 1.92. The summed E-state index contributed by atoms with van der Waals surface area (Å²) < 4.78 is 30.1. The van der Waals surface area contributed by atoms with E-state index in [1.54, 1.807) is 19.2 Å². The lowest BCUT2D eigenvalue weighted by Gasteiger charge is -2.18. The van der Waals surface area contributed by atoms with Crippen molar-refractivity contribution in [3.8, 4) is 5.75 Å². The fourth-order valence-electron chi connectivity index (χ4n) is 1.79. The molecule has 2 aromatic rings. The summed E-state index contributed by atoms with van der Waals surface area (Å²) in [6.45, 7) is -2.56. The number of carbonyl (C=O) groups excluding carboxylic acids is 1. The van der Waals surface area contributed by atoms with E-state index in [0.29, 0.717) is 6.54 Å². The Balaban J connectivity index is 2.15. The number of ether oxygens (including phenoxy) is 1. The molecular weight excluding hydrogens is 364 g/mol. The highest BCUT2D eigenvalue weighted by molar-refractivity contribution is 9.10. The third kappa shape index (κ3) is 4.25. The Bertz CT molecular complexity index is 633. The zero-order chi connectivity index (χ0) is 15.4. The molecule has 1 aromatic heterocycles. The monoisotopic (exact) mass is 375 g/mol. The second-order valence-electron chi connectivity index (χ2n) is 4.27. The molecule has 2 rings (SSSR count). The van der Waals surface area contributed by atoms with Gasteiger partial charge < -0.3 is 9.64 Å². The minimum Gasteiger partial charge on any atom is -0.434 e. The third-order valence-electron chi connectivity index (χ3n) is 2.69. The number of benzene rings is 1. The summed E-state index contributed by atoms with van der Waals surface area (Å²) in [6, 6.07) is 7.90. The number of rotatable bonds is 5. The molecule has 0 unspecified atom stereocenters. The fraction of sp³-hybridized carbons (Fsp3) is 0.214. The highest BCUT2D eigenvalue weighted by atomic mass is 79.9. The second-order valence-corrected chi connectivity index (χ2v) is 6.18. The maximum atomic E-state index is 12.4. The summed E-state index contributed by atoms with van der Waals surface area (Å²) in [5.41, 5.74) is 0.121. The number of thiophene rings is 1. The predicted octanol–water partition coefficient (Wildman–Crippen LogP) is 4.38. The van der Waals surface area contributed by atoms with E-state index in [2.05, 4.69) is 20.7 Å². The standard InChI is InChI=1S/C14H12BrF2NO2S/c1-18(7-10-6-9(15)8-21-10)13(19)11-4-2-3-5-12(11)20-14(16)17/h2-6,8,14H,7H2,1H3. The Morgan fingerprint density at radius 1 is 1.43 bits per heavy atom. The van der Waals surface area contributed by atoms with E-state index in [1.165, 1.54) is 28.4 Å². The van der Waals surface area contributed by atoms with Crippen molar-refractivity contribution in [2.24, 2.45) is 0 Å². The van der Waals surface area contributed by atoms with Crippen molar-refractivity contribution < 1.29 is 18.3 Å². The van der Waals surface area contributed by atoms with Gasteiger partial charge in [0.15, 0.2) is 0 Å². The van der Waals surface area contributed by atoms with Gasteiger partial charge in [-0.05, 0) is 34.1 Å². The summed E-state index contributed by atoms with van der Waals surface area (Å²) >= 11 is 4.86. The van der Waals surface area contributed by atoms with Gasteiger partial charge in [-0.1, -0.05) is 12.1 Å². The maximum Gasteiger partial charge on any atom is 0.387 e. The molecule has 0 aliphatic rings. The summed E-state index contributed by atoms with van der Waals surface area (Å²) in [4.78, 5) is 14.8. The van der Waals surface area contributed by atoms with Gasteiger partial charge in [0.1, 0.15) is 5.75 Å². The molecule has 0 radical (unpaired) electrons. The van der Waals surface area contributed by atoms with Crippen LogP contribution in [0.2, 0.25) is 0 Å². The molecular formula is C14H12BrF2NO2S. The first-order valence-electron chi connectivity index (χ1n) is 5.99. The van der Waals surface area contributed by atoms with Crippen molar-refractivity contribution >= 4 is 33.2 Å². The molecule has 0 spiro atoms. The molecule has 1 heterocycles. The van der Waals surface area contributed by atoms with Gasteiger partial charge in [-0.3, -0.25) is 4.79 Å². The molecule has 0 atom stereocenters. The van der Waals surface area contributed by atoms with Crippen LogP contribution in [0.1, 0.15) is 15.2 Å². The van der Waals surface area contributed by atoms with Gasteiger partial charge in [0.2, 0.25) is 0 Å². The van der Waals surface area contributed by atoms with Crippen LogP contribution in [0, 0.1) is 0 Å². The molecule has 1 aromatic carbocycles. The molecule has 0 N–H and O–H groups in total. The largest absolute Gasteiger partial charge is 0.434 e. The van der Waals surface area contributed by atoms with Gasteiger partial charge in [-0.25, -0.2) is 0 Å². The molecule has 0 fully saturated rings. The zero-order valence-electron chi connectivity index (χ0n) is 11.1. The van der Waals surface area contributed by atoms with E-state index in [-0.39, 0.29) is 17.2 Å². The summed E-state index contributed by atoms with van der Waals surface area (Å²) in [5.74, 6) is -0.479. The van der Waals surface area contributed by atoms with Crippen LogP contribution in [-0.2, 0) is 6.54 Å². The number of alkyl halides is 2. The van der Waals surface area contributed by atoms with Crippen molar-refractivity contribution in [3.63, 3.8) is 0 Å². The third-order valence-corrected chi connectivity index (χ3v) is 4.38. The number of hydrogen-bond donors (Lipinski definition) is 0. The van der Waals surface area contributed by atoms with Crippen LogP contribution in [0.15, 0.2) is 40.2 Å². The number of hydrogen-bond acceptors (Lipinski definition) is 3. The van der Waals surface area contributed by atoms with Crippen molar-refractivity contribution in [2.75, 3.05) is 7.05 Å². The predicted molar refractivity (Wildman–Crippen MR) is 80.9 cm³/mol. The highest BCUT2D eigenvalue weighted by Gasteiger charge is 2.19. The Kier molecular flexibility index (Phi) is 5.30. The smallest absolute Gasteiger partial charge is 0.387 e. The van der Waals surface area contributed by atoms with Gasteiger partial charge in [0.25, 0.3) is 5.91 Å². The van der Waals surface area contributed by atoms with Gasteiger partial charge >= 0.3 is 6.61 Å². The van der Waals surface area contributed by atoms with Crippen molar-refractivity contribution in [1.29, 1.82) is 0 Å². The van der Waals surface area contributed by atoms with Gasteiger partial charge in [-0.15, -0.1) is 11.3 Å². The van der Waals surface area contributed by atoms with E-state index >= 15 is 0 Å². The van der Waals surface area contributed by atoms with Crippen LogP contribution in [-0.4, -0.2) is 24.5 Å². The van der Waals surface area contributed by atoms with E-state index < -0.39 is 6.61 Å². The average molecular weight is 376 g/mol. The van der Waals surface area contributed by atoms with Crippen molar-refractivity contribution in [1.82, 2.24) is 4.90 Å². The lowest BCUT2D eigenvalue weighted by molar-refractivity contribution is -0.0502. The summed E-state index contributed by atoms with van der Waals surface area (Å²) in [7, 11) is 1.62. The fourth-order valence-corrected chi connectivity index (χ4v) is 3.29. The number of carbonyl (C=O) groups is 1. The Hall–Kier alpha value is -1.47. The maximum absolute atomic E-state index is 12.4. The molecule has 0 aliphatic heterocycles. The number of halogens is 3. The number of para-hydroxylation sites is 1. The Morgan fingerprint density at radius 2 is 2.14 bits per heavy atom. The first-order chi connectivity index (χ1) is 9.97. The van der Waals surface area contributed by atoms with Crippen LogP contribution in [0.3, 0.4) is 0 Å². The first kappa shape index (κ1) is 15.9. The van der Waals surface area contributed by atoms with E-state index in [1.807, 2.05) is 11.4 Å². The SMILES string of the molecule is CN(Cc1cc(Br)cs1)C(=O)c1ccccc1OC(F)F. The molecule has 21 heavy (non-hydrogen) atoms. The van der Waals surface area contributed by atoms with Crippen LogP contribution in [0.5, 0.6) is 5.75 Å². The minimum atomic E-state index is -2.96. The van der Waals surface area contributed by atoms with Crippen LogP contribution < -0.4 is 4.74 Å². The van der Waals surface area contributed by atoms with Gasteiger partial charge in [0, 0.05) is 21.8 Å². The zero-order valence-corrected chi connectivity index (χ0v) is 13.5. The molecule has 0 saturated heterocycles. The minimum absolute atomic E-state index is 0.114. The molecule has 0 aliphatic carbocycles. The molecule has 3 nitrogen and oxygen atoms in total. The van der Waals surface area contributed by atoms with Crippen molar-refractivity contribution in [3.05, 3.63) is 50.6 Å². The summed E-state index contributed by atoms with van der Waals surface area (Å²) in [6.07, 6.45) is 0. The number of nitrogens with zero attached hydrogens (tertiary/aromatic N) is 1. The van der Waals surface area contributed by atoms with Gasteiger partial charge in [0.05, 0.1) is 12.1 Å².